The summed E-state index contributed by atoms with van der Waals surface area (Å²) in [6, 6.07) is 17.3. The van der Waals surface area contributed by atoms with E-state index in [2.05, 4.69) is 11.8 Å². The molecule has 124 valence electrons. The molecule has 0 radical (unpaired) electrons. The van der Waals surface area contributed by atoms with Crippen molar-refractivity contribution < 1.29 is 13.1 Å². The average Bonchev–Trinajstić information content (AvgIpc) is 3.32. The molecule has 0 bridgehead atoms. The van der Waals surface area contributed by atoms with Crippen LogP contribution in [0.3, 0.4) is 0 Å². The summed E-state index contributed by atoms with van der Waals surface area (Å²) >= 11 is 0. The number of hydrogen-bond donors (Lipinski definition) is 0. The third-order valence-corrected chi connectivity index (χ3v) is 4.85. The van der Waals surface area contributed by atoms with Crippen molar-refractivity contribution in [2.75, 3.05) is 0 Å². The molecule has 0 aliphatic carbocycles. The maximum absolute atomic E-state index is 14.7. The maximum Gasteiger partial charge on any atom is 0.737 e. The van der Waals surface area contributed by atoms with Crippen molar-refractivity contribution in [2.24, 2.45) is 0 Å². The second kappa shape index (κ2) is 5.30. The third-order valence-electron chi connectivity index (χ3n) is 4.85. The standard InChI is InChI=1S/C21H13BF2N2/c23-22(24)25-14-4-10-20(25)19(21-11-5-15-26(21)22)13-12-17-8-3-7-16-6-1-2-9-18(16)17/h1-11,14-15H. The van der Waals surface area contributed by atoms with Crippen LogP contribution in [0, 0.1) is 11.8 Å². The first kappa shape index (κ1) is 14.9. The van der Waals surface area contributed by atoms with Crippen LogP contribution in [0.15, 0.2) is 78.6 Å². The summed E-state index contributed by atoms with van der Waals surface area (Å²) in [5.41, 5.74) is 2.40. The fourth-order valence-corrected chi connectivity index (χ4v) is 3.61. The van der Waals surface area contributed by atoms with Crippen LogP contribution < -0.4 is 0 Å². The van der Waals surface area contributed by atoms with Crippen molar-refractivity contribution in [3.63, 3.8) is 0 Å². The molecule has 3 aromatic rings. The van der Waals surface area contributed by atoms with Crippen molar-refractivity contribution in [2.45, 2.75) is 0 Å². The van der Waals surface area contributed by atoms with E-state index >= 15 is 0 Å². The third kappa shape index (κ3) is 2.02. The summed E-state index contributed by atoms with van der Waals surface area (Å²) < 4.78 is 31.5. The number of halogens is 2. The van der Waals surface area contributed by atoms with Gasteiger partial charge in [0.2, 0.25) is 0 Å². The molecule has 0 atom stereocenters. The Labute approximate surface area is 149 Å². The summed E-state index contributed by atoms with van der Waals surface area (Å²) in [4.78, 5) is 0. The molecule has 2 aliphatic rings. The van der Waals surface area contributed by atoms with Gasteiger partial charge in [0.25, 0.3) is 0 Å². The van der Waals surface area contributed by atoms with E-state index in [0.717, 1.165) is 25.3 Å². The van der Waals surface area contributed by atoms with Crippen LogP contribution in [0.1, 0.15) is 11.3 Å². The SMILES string of the molecule is F[B-]1(F)n2cccc2C(C#Cc2cccc3ccccc23)=C2C=CC=[N+]21. The van der Waals surface area contributed by atoms with E-state index in [4.69, 9.17) is 0 Å². The minimum Gasteiger partial charge on any atom is -0.395 e. The molecule has 0 fully saturated rings. The highest BCUT2D eigenvalue weighted by Crippen LogP contribution is 2.34. The van der Waals surface area contributed by atoms with Crippen LogP contribution in [0.25, 0.3) is 16.3 Å². The van der Waals surface area contributed by atoms with Crippen LogP contribution in [0.5, 0.6) is 0 Å². The molecule has 0 unspecified atom stereocenters. The molecule has 2 aliphatic heterocycles. The topological polar surface area (TPSA) is 7.94 Å². The zero-order valence-corrected chi connectivity index (χ0v) is 13.7. The first-order valence-electron chi connectivity index (χ1n) is 8.40. The van der Waals surface area contributed by atoms with Gasteiger partial charge in [-0.15, -0.1) is 0 Å². The number of nitrogens with zero attached hydrogens (tertiary/aromatic N) is 2. The normalized spacial score (nSPS) is 16.8. The summed E-state index contributed by atoms with van der Waals surface area (Å²) in [7, 11) is 0. The summed E-state index contributed by atoms with van der Waals surface area (Å²) in [6.07, 6.45) is 6.16. The van der Waals surface area contributed by atoms with Gasteiger partial charge in [0.1, 0.15) is 11.8 Å². The maximum atomic E-state index is 14.7. The smallest absolute Gasteiger partial charge is 0.395 e. The van der Waals surface area contributed by atoms with E-state index in [1.54, 1.807) is 24.3 Å². The van der Waals surface area contributed by atoms with Crippen molar-refractivity contribution in [3.8, 4) is 11.8 Å². The number of hydrogen-bond acceptors (Lipinski definition) is 0. The van der Waals surface area contributed by atoms with E-state index < -0.39 is 6.97 Å². The Hall–Kier alpha value is -3.39. The molecule has 3 heterocycles. The highest BCUT2D eigenvalue weighted by Gasteiger charge is 2.51. The quantitative estimate of drug-likeness (QED) is 0.425. The zero-order chi connectivity index (χ0) is 17.7. The largest absolute Gasteiger partial charge is 0.737 e. The lowest BCUT2D eigenvalue weighted by atomic mass is 9.89. The van der Waals surface area contributed by atoms with Crippen LogP contribution in [0.2, 0.25) is 0 Å². The highest BCUT2D eigenvalue weighted by molar-refractivity contribution is 6.57. The van der Waals surface area contributed by atoms with Gasteiger partial charge in [-0.1, -0.05) is 48.2 Å². The molecular formula is C21H13BF2N2. The fourth-order valence-electron chi connectivity index (χ4n) is 3.61. The molecule has 26 heavy (non-hydrogen) atoms. The first-order valence-corrected chi connectivity index (χ1v) is 8.40. The van der Waals surface area contributed by atoms with Crippen molar-refractivity contribution >= 4 is 29.5 Å². The number of benzene rings is 2. The van der Waals surface area contributed by atoms with Gasteiger partial charge in [0.05, 0.1) is 0 Å². The molecule has 5 rings (SSSR count). The molecule has 0 spiro atoms. The van der Waals surface area contributed by atoms with Crippen LogP contribution in [-0.2, 0) is 0 Å². The van der Waals surface area contributed by atoms with Gasteiger partial charge in [0, 0.05) is 23.4 Å². The van der Waals surface area contributed by atoms with Gasteiger partial charge < -0.3 is 17.6 Å². The van der Waals surface area contributed by atoms with Crippen molar-refractivity contribution in [1.29, 1.82) is 0 Å². The van der Waals surface area contributed by atoms with E-state index in [9.17, 15) is 8.63 Å². The van der Waals surface area contributed by atoms with Gasteiger partial charge in [-0.2, -0.15) is 0 Å². The fraction of sp³-hybridized carbons (Fsp3) is 0. The van der Waals surface area contributed by atoms with E-state index in [1.165, 1.54) is 12.4 Å². The molecule has 2 nitrogen and oxygen atoms in total. The molecule has 2 aromatic carbocycles. The second-order valence-electron chi connectivity index (χ2n) is 6.34. The molecule has 0 N–H and O–H groups in total. The van der Waals surface area contributed by atoms with Gasteiger partial charge in [-0.25, -0.2) is 0 Å². The molecule has 0 saturated heterocycles. The Kier molecular flexibility index (Phi) is 3.04. The Morgan fingerprint density at radius 2 is 1.77 bits per heavy atom. The summed E-state index contributed by atoms with van der Waals surface area (Å²) in [6.45, 7) is -3.87. The summed E-state index contributed by atoms with van der Waals surface area (Å²) in [5.74, 6) is 6.35. The predicted molar refractivity (Wildman–Crippen MR) is 101 cm³/mol. The molecular weight excluding hydrogens is 329 g/mol. The van der Waals surface area contributed by atoms with Gasteiger partial charge >= 0.3 is 6.97 Å². The Morgan fingerprint density at radius 3 is 2.69 bits per heavy atom. The van der Waals surface area contributed by atoms with E-state index in [0.29, 0.717) is 17.0 Å². The minimum atomic E-state index is -3.87. The predicted octanol–water partition coefficient (Wildman–Crippen LogP) is 4.29. The molecule has 1 aromatic heterocycles. The monoisotopic (exact) mass is 342 g/mol. The first-order chi connectivity index (χ1) is 12.7. The second-order valence-corrected chi connectivity index (χ2v) is 6.34. The number of aromatic nitrogens is 1. The minimum absolute atomic E-state index is 0.453. The lowest BCUT2D eigenvalue weighted by Crippen LogP contribution is -2.49. The lowest BCUT2D eigenvalue weighted by Gasteiger charge is -2.29. The number of rotatable bonds is 0. The zero-order valence-electron chi connectivity index (χ0n) is 13.7. The van der Waals surface area contributed by atoms with Crippen LogP contribution in [0.4, 0.5) is 8.63 Å². The van der Waals surface area contributed by atoms with E-state index in [-0.39, 0.29) is 0 Å². The Bertz CT molecular complexity index is 1210. The van der Waals surface area contributed by atoms with Gasteiger partial charge in [0.15, 0.2) is 5.70 Å². The van der Waals surface area contributed by atoms with Crippen molar-refractivity contribution in [3.05, 3.63) is 89.9 Å². The van der Waals surface area contributed by atoms with Gasteiger partial charge in [-0.05, 0) is 35.2 Å². The highest BCUT2D eigenvalue weighted by atomic mass is 19.2. The van der Waals surface area contributed by atoms with Crippen LogP contribution >= 0.6 is 0 Å². The van der Waals surface area contributed by atoms with Crippen molar-refractivity contribution in [1.82, 2.24) is 4.48 Å². The molecule has 0 amide bonds. The Morgan fingerprint density at radius 1 is 0.923 bits per heavy atom. The molecule has 5 heteroatoms. The van der Waals surface area contributed by atoms with E-state index in [1.807, 2.05) is 42.5 Å². The van der Waals surface area contributed by atoms with Gasteiger partial charge in [-0.3, -0.25) is 0 Å². The van der Waals surface area contributed by atoms with Crippen LogP contribution in [-0.4, -0.2) is 22.1 Å². The lowest BCUT2D eigenvalue weighted by molar-refractivity contribution is -0.356. The number of allylic oxidation sites excluding steroid dienone is 3. The summed E-state index contributed by atoms with van der Waals surface area (Å²) in [5, 5.41) is 2.16. The average molecular weight is 342 g/mol. The molecule has 0 saturated carbocycles. The Balaban J connectivity index is 1.72. The number of fused-ring (bicyclic) bond motifs is 3.